The number of hydrogen-bond acceptors (Lipinski definition) is 6. The van der Waals surface area contributed by atoms with E-state index >= 15 is 0 Å². The molecule has 0 aliphatic heterocycles. The molecule has 1 N–H and O–H groups in total. The first-order valence-corrected chi connectivity index (χ1v) is 10.8. The Morgan fingerprint density at radius 1 is 0.967 bits per heavy atom. The standard InChI is InChI=1S/C22H21NO6S/c1-28-21(24)14-19(16-8-4-2-5-9-16)23-22(25)20-13-12-17(29-20)15-30(26,27)18-10-6-3-7-11-18/h2-13,19H,14-15H2,1H3,(H,23,25). The van der Waals surface area contributed by atoms with Gasteiger partial charge in [-0.15, -0.1) is 0 Å². The Kier molecular flexibility index (Phi) is 6.68. The Balaban J connectivity index is 1.74. The SMILES string of the molecule is COC(=O)CC(NC(=O)c1ccc(CS(=O)(=O)c2ccccc2)o1)c1ccccc1. The van der Waals surface area contributed by atoms with Gasteiger partial charge in [-0.3, -0.25) is 9.59 Å². The molecule has 0 aliphatic carbocycles. The summed E-state index contributed by atoms with van der Waals surface area (Å²) in [7, 11) is -2.32. The van der Waals surface area contributed by atoms with Gasteiger partial charge in [0, 0.05) is 0 Å². The van der Waals surface area contributed by atoms with Crippen LogP contribution in [0, 0.1) is 0 Å². The highest BCUT2D eigenvalue weighted by Crippen LogP contribution is 2.21. The Hall–Kier alpha value is -3.39. The van der Waals surface area contributed by atoms with Crippen LogP contribution in [0.25, 0.3) is 0 Å². The van der Waals surface area contributed by atoms with Crippen LogP contribution in [0.5, 0.6) is 0 Å². The number of methoxy groups -OCH3 is 1. The summed E-state index contributed by atoms with van der Waals surface area (Å²) < 4.78 is 35.1. The van der Waals surface area contributed by atoms with E-state index in [0.717, 1.165) is 5.56 Å². The molecule has 0 saturated heterocycles. The van der Waals surface area contributed by atoms with Crippen LogP contribution in [0.2, 0.25) is 0 Å². The van der Waals surface area contributed by atoms with Gasteiger partial charge in [-0.25, -0.2) is 8.42 Å². The van der Waals surface area contributed by atoms with Gasteiger partial charge in [-0.05, 0) is 29.8 Å². The predicted molar refractivity (Wildman–Crippen MR) is 109 cm³/mol. The van der Waals surface area contributed by atoms with E-state index < -0.39 is 27.8 Å². The lowest BCUT2D eigenvalue weighted by Crippen LogP contribution is -2.30. The summed E-state index contributed by atoms with van der Waals surface area (Å²) in [6.07, 6.45) is -0.0534. The number of carbonyl (C=O) groups is 2. The van der Waals surface area contributed by atoms with Crippen molar-refractivity contribution in [1.29, 1.82) is 0 Å². The van der Waals surface area contributed by atoms with E-state index in [0.29, 0.717) is 0 Å². The van der Waals surface area contributed by atoms with Crippen molar-refractivity contribution in [3.05, 3.63) is 89.9 Å². The Morgan fingerprint density at radius 3 is 2.23 bits per heavy atom. The van der Waals surface area contributed by atoms with Crippen molar-refractivity contribution in [2.45, 2.75) is 23.1 Å². The summed E-state index contributed by atoms with van der Waals surface area (Å²) in [5, 5.41) is 2.74. The van der Waals surface area contributed by atoms with Crippen LogP contribution < -0.4 is 5.32 Å². The number of furan rings is 1. The van der Waals surface area contributed by atoms with Crippen molar-refractivity contribution in [3.8, 4) is 0 Å². The van der Waals surface area contributed by atoms with E-state index in [9.17, 15) is 18.0 Å². The average Bonchev–Trinajstić information content (AvgIpc) is 3.22. The minimum absolute atomic E-state index is 0.0425. The summed E-state index contributed by atoms with van der Waals surface area (Å²) in [6, 6.07) is 19.2. The van der Waals surface area contributed by atoms with Crippen molar-refractivity contribution >= 4 is 21.7 Å². The maximum Gasteiger partial charge on any atom is 0.307 e. The highest BCUT2D eigenvalue weighted by Gasteiger charge is 2.23. The third-order valence-electron chi connectivity index (χ3n) is 4.43. The lowest BCUT2D eigenvalue weighted by atomic mass is 10.0. The van der Waals surface area contributed by atoms with Crippen molar-refractivity contribution in [2.24, 2.45) is 0 Å². The fourth-order valence-electron chi connectivity index (χ4n) is 2.89. The second kappa shape index (κ2) is 9.41. The summed E-state index contributed by atoms with van der Waals surface area (Å²) >= 11 is 0. The fourth-order valence-corrected chi connectivity index (χ4v) is 4.16. The summed E-state index contributed by atoms with van der Waals surface area (Å²) in [5.74, 6) is -1.30. The molecule has 1 unspecified atom stereocenters. The Morgan fingerprint density at radius 2 is 1.60 bits per heavy atom. The van der Waals surface area contributed by atoms with Gasteiger partial charge >= 0.3 is 5.97 Å². The van der Waals surface area contributed by atoms with Gasteiger partial charge in [0.25, 0.3) is 5.91 Å². The molecule has 0 spiro atoms. The molecule has 30 heavy (non-hydrogen) atoms. The first-order valence-electron chi connectivity index (χ1n) is 9.18. The minimum atomic E-state index is -3.60. The lowest BCUT2D eigenvalue weighted by molar-refractivity contribution is -0.141. The van der Waals surface area contributed by atoms with Crippen LogP contribution >= 0.6 is 0 Å². The molecular weight excluding hydrogens is 406 g/mol. The van der Waals surface area contributed by atoms with Crippen LogP contribution in [-0.4, -0.2) is 27.4 Å². The summed E-state index contributed by atoms with van der Waals surface area (Å²) in [4.78, 5) is 24.6. The number of rotatable bonds is 8. The number of sulfone groups is 1. The van der Waals surface area contributed by atoms with Gasteiger partial charge in [0.05, 0.1) is 24.5 Å². The molecule has 1 amide bonds. The molecule has 8 heteroatoms. The third kappa shape index (κ3) is 5.36. The van der Waals surface area contributed by atoms with E-state index in [-0.39, 0.29) is 28.6 Å². The zero-order chi connectivity index (χ0) is 21.6. The first-order chi connectivity index (χ1) is 14.4. The second-order valence-corrected chi connectivity index (χ2v) is 8.54. The number of carbonyl (C=O) groups excluding carboxylic acids is 2. The molecule has 3 rings (SSSR count). The van der Waals surface area contributed by atoms with Gasteiger partial charge in [-0.1, -0.05) is 48.5 Å². The molecule has 2 aromatic carbocycles. The molecule has 7 nitrogen and oxygen atoms in total. The summed E-state index contributed by atoms with van der Waals surface area (Å²) in [6.45, 7) is 0. The predicted octanol–water partition coefficient (Wildman–Crippen LogP) is 3.29. The summed E-state index contributed by atoms with van der Waals surface area (Å²) in [5.41, 5.74) is 0.731. The maximum absolute atomic E-state index is 12.6. The monoisotopic (exact) mass is 427 g/mol. The molecular formula is C22H21NO6S. The van der Waals surface area contributed by atoms with E-state index in [4.69, 9.17) is 9.15 Å². The zero-order valence-electron chi connectivity index (χ0n) is 16.3. The number of hydrogen-bond donors (Lipinski definition) is 1. The maximum atomic E-state index is 12.6. The van der Waals surface area contributed by atoms with E-state index in [1.165, 1.54) is 31.4 Å². The smallest absolute Gasteiger partial charge is 0.307 e. The number of esters is 1. The highest BCUT2D eigenvalue weighted by molar-refractivity contribution is 7.90. The normalized spacial score (nSPS) is 12.2. The van der Waals surface area contributed by atoms with Gasteiger partial charge in [0.15, 0.2) is 15.6 Å². The number of amides is 1. The van der Waals surface area contributed by atoms with Crippen LogP contribution in [0.3, 0.4) is 0 Å². The third-order valence-corrected chi connectivity index (χ3v) is 6.08. The fraction of sp³-hybridized carbons (Fsp3) is 0.182. The van der Waals surface area contributed by atoms with Crippen molar-refractivity contribution in [2.75, 3.05) is 7.11 Å². The second-order valence-electron chi connectivity index (χ2n) is 6.56. The molecule has 0 fully saturated rings. The van der Waals surface area contributed by atoms with Crippen molar-refractivity contribution in [1.82, 2.24) is 5.32 Å². The lowest BCUT2D eigenvalue weighted by Gasteiger charge is -2.17. The van der Waals surface area contributed by atoms with Crippen LogP contribution in [0.4, 0.5) is 0 Å². The molecule has 1 atom stereocenters. The van der Waals surface area contributed by atoms with Crippen LogP contribution in [0.15, 0.2) is 82.1 Å². The molecule has 0 saturated carbocycles. The molecule has 1 aromatic heterocycles. The van der Waals surface area contributed by atoms with Gasteiger partial charge in [0.2, 0.25) is 0 Å². The van der Waals surface area contributed by atoms with Crippen LogP contribution in [0.1, 0.15) is 34.3 Å². The van der Waals surface area contributed by atoms with E-state index in [1.807, 2.05) is 6.07 Å². The zero-order valence-corrected chi connectivity index (χ0v) is 17.1. The molecule has 1 heterocycles. The molecule has 0 aliphatic rings. The number of nitrogens with one attached hydrogen (secondary N) is 1. The minimum Gasteiger partial charge on any atom is -0.469 e. The average molecular weight is 427 g/mol. The van der Waals surface area contributed by atoms with Crippen molar-refractivity contribution in [3.63, 3.8) is 0 Å². The molecule has 0 bridgehead atoms. The van der Waals surface area contributed by atoms with Gasteiger partial charge in [0.1, 0.15) is 11.5 Å². The highest BCUT2D eigenvalue weighted by atomic mass is 32.2. The molecule has 0 radical (unpaired) electrons. The van der Waals surface area contributed by atoms with Gasteiger partial charge < -0.3 is 14.5 Å². The van der Waals surface area contributed by atoms with E-state index in [1.54, 1.807) is 42.5 Å². The Labute approximate surface area is 174 Å². The topological polar surface area (TPSA) is 103 Å². The largest absolute Gasteiger partial charge is 0.469 e. The first kappa shape index (κ1) is 21.3. The van der Waals surface area contributed by atoms with Gasteiger partial charge in [-0.2, -0.15) is 0 Å². The number of benzene rings is 2. The van der Waals surface area contributed by atoms with Crippen molar-refractivity contribution < 1.29 is 27.2 Å². The van der Waals surface area contributed by atoms with Crippen LogP contribution in [-0.2, 0) is 25.1 Å². The Bertz CT molecular complexity index is 1110. The van der Waals surface area contributed by atoms with E-state index in [2.05, 4.69) is 5.32 Å². The molecule has 3 aromatic rings. The number of ether oxygens (including phenoxy) is 1. The molecule has 156 valence electrons. The quantitative estimate of drug-likeness (QED) is 0.554.